The van der Waals surface area contributed by atoms with Crippen LogP contribution >= 0.6 is 0 Å². The van der Waals surface area contributed by atoms with Crippen LogP contribution in [0.5, 0.6) is 5.75 Å². The Kier molecular flexibility index (Phi) is 5.03. The fourth-order valence-electron chi connectivity index (χ4n) is 2.88. The van der Waals surface area contributed by atoms with Crippen molar-refractivity contribution in [2.45, 2.75) is 19.4 Å². The van der Waals surface area contributed by atoms with Crippen LogP contribution in [-0.4, -0.2) is 60.1 Å². The van der Waals surface area contributed by atoms with Gasteiger partial charge in [0, 0.05) is 18.2 Å². The number of nitrogens with zero attached hydrogens (tertiary/aromatic N) is 3. The Morgan fingerprint density at radius 3 is 2.68 bits per heavy atom. The Balaban J connectivity index is 1.58. The van der Waals surface area contributed by atoms with E-state index < -0.39 is 9.84 Å². The van der Waals surface area contributed by atoms with E-state index in [4.69, 9.17) is 9.15 Å². The second-order valence-corrected chi connectivity index (χ2v) is 8.02. The lowest BCUT2D eigenvalue weighted by Crippen LogP contribution is -2.43. The van der Waals surface area contributed by atoms with Crippen molar-refractivity contribution in [1.82, 2.24) is 15.1 Å². The molecule has 0 unspecified atom stereocenters. The number of ether oxygens (including phenoxy) is 1. The van der Waals surface area contributed by atoms with E-state index in [9.17, 15) is 13.2 Å². The first-order valence-electron chi connectivity index (χ1n) is 7.98. The number of sulfone groups is 1. The number of hydrogen-bond acceptors (Lipinski definition) is 7. The van der Waals surface area contributed by atoms with E-state index in [0.29, 0.717) is 24.6 Å². The lowest BCUT2D eigenvalue weighted by molar-refractivity contribution is -0.135. The predicted molar refractivity (Wildman–Crippen MR) is 89.7 cm³/mol. The highest BCUT2D eigenvalue weighted by Crippen LogP contribution is 2.21. The van der Waals surface area contributed by atoms with Crippen molar-refractivity contribution in [3.63, 3.8) is 0 Å². The van der Waals surface area contributed by atoms with Crippen molar-refractivity contribution < 1.29 is 22.4 Å². The number of likely N-dealkylation sites (N-methyl/N-ethyl adjacent to an activating group) is 1. The molecule has 1 amide bonds. The number of aromatic nitrogens is 2. The van der Waals surface area contributed by atoms with Gasteiger partial charge in [-0.25, -0.2) is 8.42 Å². The van der Waals surface area contributed by atoms with Crippen molar-refractivity contribution in [1.29, 1.82) is 0 Å². The summed E-state index contributed by atoms with van der Waals surface area (Å²) in [7, 11) is -3.03. The molecule has 2 aromatic rings. The molecule has 0 spiro atoms. The number of hydrogen-bond donors (Lipinski definition) is 0. The van der Waals surface area contributed by atoms with Crippen LogP contribution in [-0.2, 0) is 14.6 Å². The van der Waals surface area contributed by atoms with Crippen LogP contribution in [0.2, 0.25) is 0 Å². The van der Waals surface area contributed by atoms with Crippen LogP contribution in [0, 0.1) is 0 Å². The summed E-state index contributed by atoms with van der Waals surface area (Å²) < 4.78 is 33.8. The smallest absolute Gasteiger partial charge is 0.260 e. The Morgan fingerprint density at radius 2 is 2.12 bits per heavy atom. The van der Waals surface area contributed by atoms with Gasteiger partial charge in [-0.1, -0.05) is 0 Å². The highest BCUT2D eigenvalue weighted by Gasteiger charge is 2.33. The molecular weight excluding hydrogens is 346 g/mol. The Labute approximate surface area is 145 Å². The minimum atomic E-state index is -3.03. The van der Waals surface area contributed by atoms with Crippen molar-refractivity contribution >= 4 is 15.7 Å². The van der Waals surface area contributed by atoms with Crippen molar-refractivity contribution in [2.75, 3.05) is 24.7 Å². The van der Waals surface area contributed by atoms with E-state index >= 15 is 0 Å². The first kappa shape index (κ1) is 17.4. The van der Waals surface area contributed by atoms with E-state index in [1.165, 1.54) is 6.39 Å². The van der Waals surface area contributed by atoms with E-state index in [2.05, 4.69) is 10.2 Å². The third-order valence-corrected chi connectivity index (χ3v) is 5.88. The number of amides is 1. The van der Waals surface area contributed by atoms with Crippen molar-refractivity contribution in [2.24, 2.45) is 0 Å². The van der Waals surface area contributed by atoms with Crippen LogP contribution in [0.1, 0.15) is 13.3 Å². The van der Waals surface area contributed by atoms with Gasteiger partial charge in [-0.3, -0.25) is 4.79 Å². The molecule has 1 saturated heterocycles. The summed E-state index contributed by atoms with van der Waals surface area (Å²) in [5.41, 5.74) is 0.752. The van der Waals surface area contributed by atoms with Gasteiger partial charge in [-0.05, 0) is 37.6 Å². The molecule has 9 heteroatoms. The van der Waals surface area contributed by atoms with Crippen molar-refractivity contribution in [3.05, 3.63) is 30.7 Å². The maximum absolute atomic E-state index is 12.4. The summed E-state index contributed by atoms with van der Waals surface area (Å²) in [6, 6.07) is 6.68. The van der Waals surface area contributed by atoms with Crippen LogP contribution in [0.25, 0.3) is 11.5 Å². The summed E-state index contributed by atoms with van der Waals surface area (Å²) in [6.07, 6.45) is 1.74. The van der Waals surface area contributed by atoms with Gasteiger partial charge >= 0.3 is 0 Å². The van der Waals surface area contributed by atoms with E-state index in [0.717, 1.165) is 5.56 Å². The van der Waals surface area contributed by atoms with Gasteiger partial charge in [0.2, 0.25) is 12.3 Å². The van der Waals surface area contributed by atoms with Crippen LogP contribution in [0.3, 0.4) is 0 Å². The Morgan fingerprint density at radius 1 is 1.36 bits per heavy atom. The number of rotatable bonds is 6. The third-order valence-electron chi connectivity index (χ3n) is 4.13. The van der Waals surface area contributed by atoms with Gasteiger partial charge in [0.15, 0.2) is 16.4 Å². The molecule has 1 aromatic carbocycles. The first-order valence-corrected chi connectivity index (χ1v) is 9.80. The molecule has 2 heterocycles. The minimum absolute atomic E-state index is 0.0332. The minimum Gasteiger partial charge on any atom is -0.484 e. The molecule has 1 atom stereocenters. The van der Waals surface area contributed by atoms with Crippen molar-refractivity contribution in [3.8, 4) is 17.2 Å². The fourth-order valence-corrected chi connectivity index (χ4v) is 4.61. The first-order chi connectivity index (χ1) is 12.0. The summed E-state index contributed by atoms with van der Waals surface area (Å²) in [4.78, 5) is 14.0. The average molecular weight is 365 g/mol. The highest BCUT2D eigenvalue weighted by molar-refractivity contribution is 7.91. The lowest BCUT2D eigenvalue weighted by atomic mass is 10.2. The molecule has 1 fully saturated rings. The van der Waals surface area contributed by atoms with Gasteiger partial charge in [0.25, 0.3) is 5.91 Å². The third kappa shape index (κ3) is 4.16. The van der Waals surface area contributed by atoms with Gasteiger partial charge in [-0.15, -0.1) is 10.2 Å². The monoisotopic (exact) mass is 365 g/mol. The maximum Gasteiger partial charge on any atom is 0.260 e. The fraction of sp³-hybridized carbons (Fsp3) is 0.438. The van der Waals surface area contributed by atoms with E-state index in [-0.39, 0.29) is 30.1 Å². The zero-order valence-corrected chi connectivity index (χ0v) is 14.6. The van der Waals surface area contributed by atoms with Gasteiger partial charge in [0.05, 0.1) is 11.5 Å². The molecule has 1 aromatic heterocycles. The predicted octanol–water partition coefficient (Wildman–Crippen LogP) is 1.15. The summed E-state index contributed by atoms with van der Waals surface area (Å²) >= 11 is 0. The standard InChI is InChI=1S/C16H19N3O5S/c1-2-19(13-7-8-25(21,22)10-13)15(20)9-23-14-5-3-12(4-6-14)16-18-17-11-24-16/h3-6,11,13H,2,7-10H2,1H3/t13-/m0/s1. The Bertz CT molecular complexity index is 818. The average Bonchev–Trinajstić information content (AvgIpc) is 3.24. The summed E-state index contributed by atoms with van der Waals surface area (Å²) in [6.45, 7) is 2.16. The molecule has 3 rings (SSSR count). The molecule has 0 N–H and O–H groups in total. The van der Waals surface area contributed by atoms with E-state index in [1.54, 1.807) is 29.2 Å². The molecule has 0 saturated carbocycles. The molecule has 0 bridgehead atoms. The number of carbonyl (C=O) groups excluding carboxylic acids is 1. The van der Waals surface area contributed by atoms with Crippen LogP contribution in [0.4, 0.5) is 0 Å². The molecule has 1 aliphatic rings. The van der Waals surface area contributed by atoms with Crippen LogP contribution < -0.4 is 4.74 Å². The van der Waals surface area contributed by atoms with Gasteiger partial charge in [0.1, 0.15) is 5.75 Å². The molecule has 1 aliphatic heterocycles. The zero-order chi connectivity index (χ0) is 17.9. The molecule has 25 heavy (non-hydrogen) atoms. The quantitative estimate of drug-likeness (QED) is 0.756. The second kappa shape index (κ2) is 7.22. The summed E-state index contributed by atoms with van der Waals surface area (Å²) in [5, 5.41) is 7.43. The largest absolute Gasteiger partial charge is 0.484 e. The molecule has 134 valence electrons. The number of benzene rings is 1. The highest BCUT2D eigenvalue weighted by atomic mass is 32.2. The van der Waals surface area contributed by atoms with Gasteiger partial charge in [-0.2, -0.15) is 0 Å². The maximum atomic E-state index is 12.4. The molecule has 8 nitrogen and oxygen atoms in total. The Hall–Kier alpha value is -2.42. The van der Waals surface area contributed by atoms with E-state index in [1.807, 2.05) is 6.92 Å². The van der Waals surface area contributed by atoms with Crippen LogP contribution in [0.15, 0.2) is 35.1 Å². The molecule has 0 radical (unpaired) electrons. The topological polar surface area (TPSA) is 103 Å². The molecular formula is C16H19N3O5S. The number of carbonyl (C=O) groups is 1. The summed E-state index contributed by atoms with van der Waals surface area (Å²) in [5.74, 6) is 0.893. The lowest BCUT2D eigenvalue weighted by Gasteiger charge is -2.26. The van der Waals surface area contributed by atoms with Gasteiger partial charge < -0.3 is 14.1 Å². The zero-order valence-electron chi connectivity index (χ0n) is 13.8. The SMILES string of the molecule is CCN(C(=O)COc1ccc(-c2nnco2)cc1)[C@H]1CCS(=O)(=O)C1. The normalized spacial score (nSPS) is 18.8. The second-order valence-electron chi connectivity index (χ2n) is 5.79. The molecule has 0 aliphatic carbocycles.